The second-order valence-electron chi connectivity index (χ2n) is 7.80. The van der Waals surface area contributed by atoms with Crippen molar-refractivity contribution in [3.63, 3.8) is 0 Å². The van der Waals surface area contributed by atoms with Gasteiger partial charge in [0.1, 0.15) is 0 Å². The molecular formula is C24H31N5O4. The van der Waals surface area contributed by atoms with E-state index < -0.39 is 0 Å². The fourth-order valence-corrected chi connectivity index (χ4v) is 3.81. The maximum atomic E-state index is 12.6. The third-order valence-corrected chi connectivity index (χ3v) is 5.66. The number of likely N-dealkylation sites (N-methyl/N-ethyl adjacent to an activating group) is 2. The van der Waals surface area contributed by atoms with Gasteiger partial charge in [0, 0.05) is 30.9 Å². The van der Waals surface area contributed by atoms with Crippen LogP contribution in [0.3, 0.4) is 0 Å². The Morgan fingerprint density at radius 3 is 2.33 bits per heavy atom. The first-order valence-electron chi connectivity index (χ1n) is 10.7. The van der Waals surface area contributed by atoms with E-state index in [4.69, 9.17) is 14.6 Å². The monoisotopic (exact) mass is 453 g/mol. The number of rotatable bonds is 6. The van der Waals surface area contributed by atoms with Crippen molar-refractivity contribution in [2.75, 3.05) is 46.8 Å². The summed E-state index contributed by atoms with van der Waals surface area (Å²) in [6.07, 6.45) is 0.593. The number of hydrazone groups is 1. The lowest BCUT2D eigenvalue weighted by Gasteiger charge is -2.22. The van der Waals surface area contributed by atoms with Gasteiger partial charge in [0.25, 0.3) is 0 Å². The summed E-state index contributed by atoms with van der Waals surface area (Å²) < 4.78 is 11.0. The van der Waals surface area contributed by atoms with E-state index >= 15 is 0 Å². The summed E-state index contributed by atoms with van der Waals surface area (Å²) in [5, 5.41) is 11.8. The number of hydrogen-bond donors (Lipinski definition) is 2. The Hall–Kier alpha value is -3.59. The first-order chi connectivity index (χ1) is 15.8. The molecule has 9 heteroatoms. The van der Waals surface area contributed by atoms with Crippen molar-refractivity contribution >= 4 is 23.3 Å². The van der Waals surface area contributed by atoms with E-state index in [1.165, 1.54) is 5.01 Å². The highest BCUT2D eigenvalue weighted by Crippen LogP contribution is 2.34. The molecule has 0 bridgehead atoms. The van der Waals surface area contributed by atoms with Crippen LogP contribution in [0.25, 0.3) is 0 Å². The number of fused-ring (bicyclic) bond motifs is 1. The highest BCUT2D eigenvalue weighted by molar-refractivity contribution is 6.14. The first kappa shape index (κ1) is 24.1. The van der Waals surface area contributed by atoms with Crippen LogP contribution in [0.1, 0.15) is 23.6 Å². The van der Waals surface area contributed by atoms with Crippen molar-refractivity contribution in [2.24, 2.45) is 5.10 Å². The molecule has 0 spiro atoms. The molecule has 33 heavy (non-hydrogen) atoms. The van der Waals surface area contributed by atoms with Gasteiger partial charge in [-0.3, -0.25) is 4.79 Å². The quantitative estimate of drug-likeness (QED) is 0.699. The largest absolute Gasteiger partial charge is 0.493 e. The molecule has 0 saturated carbocycles. The van der Waals surface area contributed by atoms with Gasteiger partial charge in [0.05, 0.1) is 32.5 Å². The minimum atomic E-state index is -0.291. The fraction of sp³-hybridized carbons (Fsp3) is 0.375. The number of hydrogen-bond acceptors (Lipinski definition) is 6. The molecule has 0 aliphatic carbocycles. The van der Waals surface area contributed by atoms with Gasteiger partial charge in [-0.15, -0.1) is 0 Å². The van der Waals surface area contributed by atoms with Crippen LogP contribution in [0.4, 0.5) is 10.5 Å². The van der Waals surface area contributed by atoms with E-state index in [-0.39, 0.29) is 24.5 Å². The molecule has 0 saturated heterocycles. The topological polar surface area (TPSA) is 95.5 Å². The average molecular weight is 454 g/mol. The van der Waals surface area contributed by atoms with E-state index in [1.807, 2.05) is 43.3 Å². The predicted octanol–water partition coefficient (Wildman–Crippen LogP) is 2.22. The van der Waals surface area contributed by atoms with E-state index in [9.17, 15) is 9.59 Å². The number of methoxy groups -OCH3 is 2. The number of ether oxygens (including phenoxy) is 2. The number of amides is 3. The number of nitrogens with one attached hydrogen (secondary N) is 2. The molecule has 1 aliphatic heterocycles. The van der Waals surface area contributed by atoms with Crippen LogP contribution in [0.15, 0.2) is 41.5 Å². The number of benzene rings is 2. The Bertz CT molecular complexity index is 1050. The standard InChI is InChI=1S/C24H31N5O4/c1-15-11-17-12-20(32-5)21(33-6)13-19(17)23(27-29(15)24(31)26-3)16-7-9-18(10-8-16)28(4)22(30)14-25-2/h7-10,12-13,15,25H,11,14H2,1-6H3,(H,26,31). The molecule has 0 fully saturated rings. The molecule has 1 unspecified atom stereocenters. The molecule has 1 heterocycles. The number of carbonyl (C=O) groups is 2. The molecule has 1 atom stereocenters. The van der Waals surface area contributed by atoms with Crippen molar-refractivity contribution in [3.05, 3.63) is 53.1 Å². The van der Waals surface area contributed by atoms with Gasteiger partial charge >= 0.3 is 6.03 Å². The number of nitrogens with zero attached hydrogens (tertiary/aromatic N) is 3. The summed E-state index contributed by atoms with van der Waals surface area (Å²) >= 11 is 0. The van der Waals surface area contributed by atoms with Crippen LogP contribution in [0.2, 0.25) is 0 Å². The highest BCUT2D eigenvalue weighted by atomic mass is 16.5. The second kappa shape index (κ2) is 10.4. The Labute approximate surface area is 194 Å². The zero-order valence-corrected chi connectivity index (χ0v) is 19.9. The average Bonchev–Trinajstić information content (AvgIpc) is 2.97. The fourth-order valence-electron chi connectivity index (χ4n) is 3.81. The molecule has 0 aromatic heterocycles. The summed E-state index contributed by atoms with van der Waals surface area (Å²) in [5.74, 6) is 1.16. The van der Waals surface area contributed by atoms with Crippen molar-refractivity contribution in [1.82, 2.24) is 15.6 Å². The molecule has 2 aromatic rings. The van der Waals surface area contributed by atoms with Gasteiger partial charge in [0.2, 0.25) is 5.91 Å². The molecular weight excluding hydrogens is 422 g/mol. The maximum Gasteiger partial charge on any atom is 0.337 e. The van der Waals surface area contributed by atoms with E-state index in [0.29, 0.717) is 23.6 Å². The van der Waals surface area contributed by atoms with Gasteiger partial charge in [-0.05, 0) is 50.2 Å². The molecule has 3 amide bonds. The van der Waals surface area contributed by atoms with E-state index in [1.54, 1.807) is 40.3 Å². The first-order valence-corrected chi connectivity index (χ1v) is 10.7. The molecule has 1 aliphatic rings. The summed E-state index contributed by atoms with van der Waals surface area (Å²) in [6.45, 7) is 2.20. The zero-order chi connectivity index (χ0) is 24.1. The Balaban J connectivity index is 2.12. The summed E-state index contributed by atoms with van der Waals surface area (Å²) in [6, 6.07) is 10.9. The van der Waals surface area contributed by atoms with Crippen molar-refractivity contribution < 1.29 is 19.1 Å². The van der Waals surface area contributed by atoms with E-state index in [2.05, 4.69) is 10.6 Å². The number of carbonyl (C=O) groups excluding carboxylic acids is 2. The second-order valence-corrected chi connectivity index (χ2v) is 7.80. The van der Waals surface area contributed by atoms with Crippen molar-refractivity contribution in [3.8, 4) is 11.5 Å². The molecule has 9 nitrogen and oxygen atoms in total. The zero-order valence-electron chi connectivity index (χ0n) is 19.9. The molecule has 0 radical (unpaired) electrons. The van der Waals surface area contributed by atoms with E-state index in [0.717, 1.165) is 22.4 Å². The summed E-state index contributed by atoms with van der Waals surface area (Å²) in [5.41, 5.74) is 4.06. The minimum Gasteiger partial charge on any atom is -0.493 e. The van der Waals surface area contributed by atoms with Gasteiger partial charge in [-0.25, -0.2) is 9.80 Å². The van der Waals surface area contributed by atoms with Gasteiger partial charge < -0.3 is 25.0 Å². The molecule has 2 aromatic carbocycles. The smallest absolute Gasteiger partial charge is 0.337 e. The third-order valence-electron chi connectivity index (χ3n) is 5.66. The van der Waals surface area contributed by atoms with Gasteiger partial charge in [-0.2, -0.15) is 5.10 Å². The van der Waals surface area contributed by atoms with Crippen LogP contribution < -0.4 is 25.0 Å². The number of anilines is 1. The van der Waals surface area contributed by atoms with Crippen LogP contribution in [-0.2, 0) is 11.2 Å². The lowest BCUT2D eigenvalue weighted by atomic mass is 9.94. The highest BCUT2D eigenvalue weighted by Gasteiger charge is 2.28. The summed E-state index contributed by atoms with van der Waals surface area (Å²) in [7, 11) is 8.24. The van der Waals surface area contributed by atoms with Crippen molar-refractivity contribution in [2.45, 2.75) is 19.4 Å². The van der Waals surface area contributed by atoms with Gasteiger partial charge in [-0.1, -0.05) is 12.1 Å². The van der Waals surface area contributed by atoms with Crippen LogP contribution in [0.5, 0.6) is 11.5 Å². The van der Waals surface area contributed by atoms with Crippen molar-refractivity contribution in [1.29, 1.82) is 0 Å². The Morgan fingerprint density at radius 2 is 1.76 bits per heavy atom. The normalized spacial score (nSPS) is 15.2. The Morgan fingerprint density at radius 1 is 1.12 bits per heavy atom. The lowest BCUT2D eigenvalue weighted by molar-refractivity contribution is -0.117. The van der Waals surface area contributed by atoms with Crippen LogP contribution >= 0.6 is 0 Å². The van der Waals surface area contributed by atoms with Gasteiger partial charge in [0.15, 0.2) is 11.5 Å². The SMILES string of the molecule is CNCC(=O)N(C)c1ccc(C2=NN(C(=O)NC)C(C)Cc3cc(OC)c(OC)cc32)cc1. The van der Waals surface area contributed by atoms with Crippen LogP contribution in [-0.4, -0.2) is 70.6 Å². The number of urea groups is 1. The molecule has 2 N–H and O–H groups in total. The summed E-state index contributed by atoms with van der Waals surface area (Å²) in [4.78, 5) is 26.4. The molecule has 3 rings (SSSR count). The lowest BCUT2D eigenvalue weighted by Crippen LogP contribution is -2.41. The maximum absolute atomic E-state index is 12.6. The Kier molecular flexibility index (Phi) is 7.55. The van der Waals surface area contributed by atoms with Crippen LogP contribution in [0, 0.1) is 0 Å². The minimum absolute atomic E-state index is 0.0427. The third kappa shape index (κ3) is 4.93. The molecule has 176 valence electrons. The predicted molar refractivity (Wildman–Crippen MR) is 128 cm³/mol.